The van der Waals surface area contributed by atoms with E-state index in [1.807, 2.05) is 0 Å². The minimum absolute atomic E-state index is 0.139. The number of aliphatic hydroxyl groups excluding tert-OH is 2. The maximum Gasteiger partial charge on any atom is 0.341 e. The van der Waals surface area contributed by atoms with Gasteiger partial charge < -0.3 is 25.4 Å². The van der Waals surface area contributed by atoms with Crippen molar-refractivity contribution in [2.75, 3.05) is 32.9 Å². The van der Waals surface area contributed by atoms with Crippen LogP contribution in [0.15, 0.2) is 12.1 Å². The van der Waals surface area contributed by atoms with Gasteiger partial charge >= 0.3 is 5.97 Å². The Labute approximate surface area is 137 Å². The number of aliphatic carboxylic acids is 1. The highest BCUT2D eigenvalue weighted by molar-refractivity contribution is 6.43. The average Bonchev–Trinajstić information content (AvgIpc) is 2.42. The van der Waals surface area contributed by atoms with Crippen LogP contribution in [-0.4, -0.2) is 54.2 Å². The molecule has 0 atom stereocenters. The van der Waals surface area contributed by atoms with Crippen molar-refractivity contribution in [2.24, 2.45) is 0 Å². The third-order valence-corrected chi connectivity index (χ3v) is 2.92. The van der Waals surface area contributed by atoms with Crippen LogP contribution in [0.4, 0.5) is 0 Å². The van der Waals surface area contributed by atoms with Gasteiger partial charge in [-0.05, 0) is 6.07 Å². The molecular weight excluding hydrogens is 344 g/mol. The Morgan fingerprint density at radius 2 is 1.57 bits per heavy atom. The van der Waals surface area contributed by atoms with Gasteiger partial charge in [-0.25, -0.2) is 4.79 Å². The zero-order chi connectivity index (χ0) is 16.3. The second-order valence-electron chi connectivity index (χ2n) is 3.58. The summed E-state index contributed by atoms with van der Waals surface area (Å²) in [4.78, 5) is 10.2. The van der Waals surface area contributed by atoms with E-state index in [-0.39, 0.29) is 29.0 Å². The zero-order valence-electron chi connectivity index (χ0n) is 11.0. The highest BCUT2D eigenvalue weighted by Gasteiger charge is 2.08. The molecule has 1 aromatic rings. The topological polar surface area (TPSA) is 99.0 Å². The molecule has 0 saturated heterocycles. The first kappa shape index (κ1) is 20.2. The summed E-state index contributed by atoms with van der Waals surface area (Å²) in [5.41, 5.74) is 0. The molecule has 4 N–H and O–H groups in total. The molecule has 1 rings (SSSR count). The molecule has 120 valence electrons. The van der Waals surface area contributed by atoms with Crippen LogP contribution < -0.4 is 10.1 Å². The predicted molar refractivity (Wildman–Crippen MR) is 81.6 cm³/mol. The van der Waals surface area contributed by atoms with Crippen molar-refractivity contribution in [2.45, 2.75) is 0 Å². The van der Waals surface area contributed by atoms with Crippen LogP contribution in [0.5, 0.6) is 5.75 Å². The van der Waals surface area contributed by atoms with Crippen molar-refractivity contribution in [1.82, 2.24) is 5.32 Å². The lowest BCUT2D eigenvalue weighted by Gasteiger charge is -2.06. The van der Waals surface area contributed by atoms with Gasteiger partial charge in [0.25, 0.3) is 0 Å². The number of hydrogen-bond acceptors (Lipinski definition) is 5. The lowest BCUT2D eigenvalue weighted by Crippen LogP contribution is -2.21. The summed E-state index contributed by atoms with van der Waals surface area (Å²) in [6.45, 7) is 0.943. The van der Waals surface area contributed by atoms with Gasteiger partial charge in [0.2, 0.25) is 0 Å². The maximum absolute atomic E-state index is 10.2. The molecule has 6 nitrogen and oxygen atoms in total. The van der Waals surface area contributed by atoms with Crippen LogP contribution in [0.25, 0.3) is 0 Å². The van der Waals surface area contributed by atoms with Crippen molar-refractivity contribution in [3.63, 3.8) is 0 Å². The van der Waals surface area contributed by atoms with E-state index in [2.05, 4.69) is 5.32 Å². The number of carboxylic acids is 1. The molecule has 0 amide bonds. The summed E-state index contributed by atoms with van der Waals surface area (Å²) < 4.78 is 4.86. The minimum Gasteiger partial charge on any atom is -0.480 e. The summed E-state index contributed by atoms with van der Waals surface area (Å²) in [6, 6.07) is 2.76. The first-order valence-electron chi connectivity index (χ1n) is 5.84. The van der Waals surface area contributed by atoms with Crippen LogP contribution in [-0.2, 0) is 4.79 Å². The Hall–Kier alpha value is -0.760. The van der Waals surface area contributed by atoms with Gasteiger partial charge in [0, 0.05) is 19.2 Å². The monoisotopic (exact) mass is 359 g/mol. The Morgan fingerprint density at radius 3 is 2.05 bits per heavy atom. The average molecular weight is 361 g/mol. The molecule has 0 heterocycles. The standard InChI is InChI=1S/C8H5Cl3O3.C4H11NO2/c9-4-1-6(11)7(2-5(4)10)14-3-8(12)13;6-3-1-5-2-4-7/h1-2H,3H2,(H,12,13);5-7H,1-4H2. The van der Waals surface area contributed by atoms with Crippen molar-refractivity contribution in [3.05, 3.63) is 27.2 Å². The zero-order valence-corrected chi connectivity index (χ0v) is 13.3. The Kier molecular flexibility index (Phi) is 11.4. The molecule has 1 aromatic carbocycles. The van der Waals surface area contributed by atoms with Gasteiger partial charge in [0.15, 0.2) is 6.61 Å². The lowest BCUT2D eigenvalue weighted by molar-refractivity contribution is -0.139. The van der Waals surface area contributed by atoms with E-state index in [9.17, 15) is 4.79 Å². The largest absolute Gasteiger partial charge is 0.480 e. The summed E-state index contributed by atoms with van der Waals surface area (Å²) in [5.74, 6) is -0.893. The van der Waals surface area contributed by atoms with Gasteiger partial charge in [-0.2, -0.15) is 0 Å². The van der Waals surface area contributed by atoms with E-state index in [0.717, 1.165) is 0 Å². The van der Waals surface area contributed by atoms with Crippen molar-refractivity contribution < 1.29 is 24.9 Å². The molecule has 0 saturated carbocycles. The van der Waals surface area contributed by atoms with Crippen molar-refractivity contribution >= 4 is 40.8 Å². The lowest BCUT2D eigenvalue weighted by atomic mass is 10.3. The normalized spacial score (nSPS) is 9.76. The molecular formula is C12H16Cl3NO5. The van der Waals surface area contributed by atoms with Gasteiger partial charge in [-0.15, -0.1) is 0 Å². The number of hydrogen-bond donors (Lipinski definition) is 4. The predicted octanol–water partition coefficient (Wildman–Crippen LogP) is 1.67. The fourth-order valence-electron chi connectivity index (χ4n) is 1.04. The molecule has 0 radical (unpaired) electrons. The number of rotatable bonds is 7. The Morgan fingerprint density at radius 1 is 1.05 bits per heavy atom. The van der Waals surface area contributed by atoms with E-state index in [0.29, 0.717) is 18.1 Å². The smallest absolute Gasteiger partial charge is 0.341 e. The number of carboxylic acid groups (broad SMARTS) is 1. The summed E-state index contributed by atoms with van der Waals surface area (Å²) in [7, 11) is 0. The fraction of sp³-hybridized carbons (Fsp3) is 0.417. The molecule has 0 unspecified atom stereocenters. The molecule has 21 heavy (non-hydrogen) atoms. The molecule has 0 fully saturated rings. The second-order valence-corrected chi connectivity index (χ2v) is 4.80. The van der Waals surface area contributed by atoms with E-state index < -0.39 is 12.6 Å². The number of nitrogens with one attached hydrogen (secondary N) is 1. The van der Waals surface area contributed by atoms with E-state index in [1.54, 1.807) is 0 Å². The number of aliphatic hydroxyl groups is 2. The van der Waals surface area contributed by atoms with Crippen LogP contribution in [0.2, 0.25) is 15.1 Å². The van der Waals surface area contributed by atoms with E-state index >= 15 is 0 Å². The highest BCUT2D eigenvalue weighted by atomic mass is 35.5. The molecule has 0 aliphatic carbocycles. The van der Waals surface area contributed by atoms with Crippen LogP contribution in [0.1, 0.15) is 0 Å². The molecule has 0 spiro atoms. The SMILES string of the molecule is O=C(O)COc1cc(Cl)c(Cl)cc1Cl.OCCNCCO. The van der Waals surface area contributed by atoms with Crippen LogP contribution >= 0.6 is 34.8 Å². The molecule has 0 aliphatic heterocycles. The van der Waals surface area contributed by atoms with Gasteiger partial charge in [-0.1, -0.05) is 34.8 Å². The number of carbonyl (C=O) groups is 1. The maximum atomic E-state index is 10.2. The first-order chi connectivity index (χ1) is 9.92. The first-order valence-corrected chi connectivity index (χ1v) is 6.97. The van der Waals surface area contributed by atoms with Crippen LogP contribution in [0, 0.1) is 0 Å². The summed E-state index contributed by atoms with van der Waals surface area (Å²) in [5, 5.41) is 28.2. The Balaban J connectivity index is 0.000000486. The van der Waals surface area contributed by atoms with E-state index in [4.69, 9.17) is 54.9 Å². The summed E-state index contributed by atoms with van der Waals surface area (Å²) in [6.07, 6.45) is 0. The molecule has 0 bridgehead atoms. The highest BCUT2D eigenvalue weighted by Crippen LogP contribution is 2.33. The number of ether oxygens (including phenoxy) is 1. The fourth-order valence-corrected chi connectivity index (χ4v) is 1.63. The minimum atomic E-state index is -1.09. The number of benzene rings is 1. The third-order valence-electron chi connectivity index (χ3n) is 1.90. The van der Waals surface area contributed by atoms with Crippen LogP contribution in [0.3, 0.4) is 0 Å². The molecule has 0 aliphatic rings. The number of halogens is 3. The second kappa shape index (κ2) is 11.9. The Bertz CT molecular complexity index is 441. The van der Waals surface area contributed by atoms with Crippen molar-refractivity contribution in [3.8, 4) is 5.75 Å². The van der Waals surface area contributed by atoms with Gasteiger partial charge in [0.1, 0.15) is 5.75 Å². The van der Waals surface area contributed by atoms with E-state index in [1.165, 1.54) is 12.1 Å². The molecule has 0 aromatic heterocycles. The van der Waals surface area contributed by atoms with Crippen molar-refractivity contribution in [1.29, 1.82) is 0 Å². The molecule has 9 heteroatoms. The summed E-state index contributed by atoms with van der Waals surface area (Å²) >= 11 is 17.1. The quantitative estimate of drug-likeness (QED) is 0.436. The van der Waals surface area contributed by atoms with Gasteiger partial charge in [-0.3, -0.25) is 0 Å². The third kappa shape index (κ3) is 9.73. The van der Waals surface area contributed by atoms with Gasteiger partial charge in [0.05, 0.1) is 28.3 Å².